The van der Waals surface area contributed by atoms with E-state index >= 15 is 0 Å². The fourth-order valence-corrected chi connectivity index (χ4v) is 1.69. The van der Waals surface area contributed by atoms with Crippen LogP contribution < -0.4 is 5.32 Å². The molecule has 0 bridgehead atoms. The summed E-state index contributed by atoms with van der Waals surface area (Å²) in [6.45, 7) is 0.741. The highest BCUT2D eigenvalue weighted by atomic mass is 14.9. The Labute approximate surface area is 69.6 Å². The molecular formula is C10H17N. The molecule has 0 atom stereocenters. The van der Waals surface area contributed by atoms with Crippen LogP contribution in [0.4, 0.5) is 0 Å². The second-order valence-electron chi connectivity index (χ2n) is 3.27. The van der Waals surface area contributed by atoms with Gasteiger partial charge in [0.1, 0.15) is 0 Å². The summed E-state index contributed by atoms with van der Waals surface area (Å²) >= 11 is 0. The molecule has 0 amide bonds. The molecule has 1 aliphatic rings. The summed E-state index contributed by atoms with van der Waals surface area (Å²) in [4.78, 5) is 0. The van der Waals surface area contributed by atoms with Gasteiger partial charge in [0.2, 0.25) is 0 Å². The lowest BCUT2D eigenvalue weighted by atomic mass is 10.1. The zero-order valence-corrected chi connectivity index (χ0v) is 7.10. The van der Waals surface area contributed by atoms with Gasteiger partial charge in [-0.15, -0.1) is 6.42 Å². The molecule has 1 N–H and O–H groups in total. The quantitative estimate of drug-likeness (QED) is 0.470. The molecule has 1 rings (SSSR count). The van der Waals surface area contributed by atoms with Gasteiger partial charge in [-0.1, -0.05) is 31.6 Å². The summed E-state index contributed by atoms with van der Waals surface area (Å²) in [5, 5.41) is 3.38. The van der Waals surface area contributed by atoms with Gasteiger partial charge in [-0.2, -0.15) is 0 Å². The van der Waals surface area contributed by atoms with Gasteiger partial charge >= 0.3 is 0 Å². The number of nitrogens with one attached hydrogen (secondary N) is 1. The molecule has 0 aromatic heterocycles. The van der Waals surface area contributed by atoms with Crippen LogP contribution in [-0.2, 0) is 0 Å². The third-order valence-corrected chi connectivity index (χ3v) is 2.35. The van der Waals surface area contributed by atoms with Crippen LogP contribution >= 0.6 is 0 Å². The van der Waals surface area contributed by atoms with E-state index in [1.807, 2.05) is 0 Å². The Hall–Kier alpha value is -0.480. The monoisotopic (exact) mass is 151 g/mol. The van der Waals surface area contributed by atoms with Crippen LogP contribution in [0.2, 0.25) is 0 Å². The summed E-state index contributed by atoms with van der Waals surface area (Å²) in [7, 11) is 0. The first-order valence-corrected chi connectivity index (χ1v) is 4.60. The fourth-order valence-electron chi connectivity index (χ4n) is 1.69. The van der Waals surface area contributed by atoms with Gasteiger partial charge < -0.3 is 5.32 Å². The summed E-state index contributed by atoms with van der Waals surface area (Å²) in [5.41, 5.74) is 0. The zero-order valence-electron chi connectivity index (χ0n) is 7.10. The Balaban J connectivity index is 2.15. The standard InChI is InChI=1S/C10H17N/c1-2-9-11-10-7-5-3-4-6-8-10/h1,10-11H,3-9H2. The number of terminal acetylenes is 1. The van der Waals surface area contributed by atoms with Crippen molar-refractivity contribution in [2.45, 2.75) is 44.6 Å². The van der Waals surface area contributed by atoms with E-state index in [9.17, 15) is 0 Å². The van der Waals surface area contributed by atoms with E-state index < -0.39 is 0 Å². The van der Waals surface area contributed by atoms with Crippen LogP contribution in [0.15, 0.2) is 0 Å². The van der Waals surface area contributed by atoms with Crippen LogP contribution in [0, 0.1) is 12.3 Å². The molecule has 0 radical (unpaired) electrons. The molecule has 1 nitrogen and oxygen atoms in total. The Morgan fingerprint density at radius 2 is 1.82 bits per heavy atom. The summed E-state index contributed by atoms with van der Waals surface area (Å²) in [6.07, 6.45) is 13.4. The fraction of sp³-hybridized carbons (Fsp3) is 0.800. The molecule has 0 aromatic rings. The highest BCUT2D eigenvalue weighted by Crippen LogP contribution is 2.16. The molecule has 0 spiro atoms. The van der Waals surface area contributed by atoms with E-state index in [2.05, 4.69) is 11.2 Å². The van der Waals surface area contributed by atoms with Crippen molar-refractivity contribution in [1.29, 1.82) is 0 Å². The lowest BCUT2D eigenvalue weighted by Crippen LogP contribution is -2.28. The third kappa shape index (κ3) is 3.43. The molecule has 1 aliphatic carbocycles. The van der Waals surface area contributed by atoms with Crippen molar-refractivity contribution >= 4 is 0 Å². The minimum absolute atomic E-state index is 0.702. The Bertz CT molecular complexity index is 126. The molecule has 1 heteroatoms. The Morgan fingerprint density at radius 1 is 1.18 bits per heavy atom. The minimum Gasteiger partial charge on any atom is -0.303 e. The largest absolute Gasteiger partial charge is 0.303 e. The molecule has 1 saturated carbocycles. The van der Waals surface area contributed by atoms with Gasteiger partial charge in [0.25, 0.3) is 0 Å². The number of hydrogen-bond donors (Lipinski definition) is 1. The maximum absolute atomic E-state index is 5.17. The molecule has 11 heavy (non-hydrogen) atoms. The van der Waals surface area contributed by atoms with Crippen molar-refractivity contribution in [2.75, 3.05) is 6.54 Å². The average Bonchev–Trinajstić information content (AvgIpc) is 2.28. The minimum atomic E-state index is 0.702. The average molecular weight is 151 g/mol. The Kier molecular flexibility index (Phi) is 4.08. The number of rotatable bonds is 2. The first kappa shape index (κ1) is 8.62. The van der Waals surface area contributed by atoms with Crippen LogP contribution in [0.1, 0.15) is 38.5 Å². The summed E-state index contributed by atoms with van der Waals surface area (Å²) in [6, 6.07) is 0.702. The second kappa shape index (κ2) is 5.21. The van der Waals surface area contributed by atoms with Gasteiger partial charge in [0.15, 0.2) is 0 Å². The number of hydrogen-bond acceptors (Lipinski definition) is 1. The van der Waals surface area contributed by atoms with Crippen molar-refractivity contribution in [1.82, 2.24) is 5.32 Å². The molecule has 0 saturated heterocycles. The normalized spacial score (nSPS) is 20.6. The molecule has 1 fully saturated rings. The highest BCUT2D eigenvalue weighted by molar-refractivity contribution is 4.88. The van der Waals surface area contributed by atoms with Crippen LogP contribution in [0.3, 0.4) is 0 Å². The highest BCUT2D eigenvalue weighted by Gasteiger charge is 2.09. The lowest BCUT2D eigenvalue weighted by molar-refractivity contribution is 0.484. The maximum atomic E-state index is 5.17. The van der Waals surface area contributed by atoms with Crippen LogP contribution in [0.25, 0.3) is 0 Å². The SMILES string of the molecule is C#CCNC1CCCCCC1. The van der Waals surface area contributed by atoms with Crippen molar-refractivity contribution in [2.24, 2.45) is 0 Å². The van der Waals surface area contributed by atoms with Gasteiger partial charge in [-0.3, -0.25) is 0 Å². The van der Waals surface area contributed by atoms with E-state index in [-0.39, 0.29) is 0 Å². The summed E-state index contributed by atoms with van der Waals surface area (Å²) < 4.78 is 0. The van der Waals surface area contributed by atoms with Crippen LogP contribution in [-0.4, -0.2) is 12.6 Å². The van der Waals surface area contributed by atoms with Gasteiger partial charge in [0, 0.05) is 6.04 Å². The van der Waals surface area contributed by atoms with E-state index in [1.54, 1.807) is 0 Å². The molecule has 62 valence electrons. The molecule has 0 aliphatic heterocycles. The molecule has 0 aromatic carbocycles. The predicted octanol–water partition coefficient (Wildman–Crippen LogP) is 1.93. The van der Waals surface area contributed by atoms with E-state index in [0.717, 1.165) is 6.54 Å². The predicted molar refractivity (Wildman–Crippen MR) is 48.3 cm³/mol. The van der Waals surface area contributed by atoms with Gasteiger partial charge in [0.05, 0.1) is 6.54 Å². The van der Waals surface area contributed by atoms with Crippen molar-refractivity contribution in [3.63, 3.8) is 0 Å². The van der Waals surface area contributed by atoms with Crippen molar-refractivity contribution in [3.8, 4) is 12.3 Å². The smallest absolute Gasteiger partial charge is 0.0575 e. The summed E-state index contributed by atoms with van der Waals surface area (Å²) in [5.74, 6) is 2.62. The Morgan fingerprint density at radius 3 is 2.36 bits per heavy atom. The molecule has 0 heterocycles. The van der Waals surface area contributed by atoms with E-state index in [4.69, 9.17) is 6.42 Å². The first-order valence-electron chi connectivity index (χ1n) is 4.60. The lowest BCUT2D eigenvalue weighted by Gasteiger charge is -2.13. The van der Waals surface area contributed by atoms with Crippen LogP contribution in [0.5, 0.6) is 0 Å². The maximum Gasteiger partial charge on any atom is 0.0575 e. The van der Waals surface area contributed by atoms with E-state index in [0.29, 0.717) is 6.04 Å². The van der Waals surface area contributed by atoms with Gasteiger partial charge in [-0.05, 0) is 12.8 Å². The van der Waals surface area contributed by atoms with E-state index in [1.165, 1.54) is 38.5 Å². The van der Waals surface area contributed by atoms with Crippen molar-refractivity contribution < 1.29 is 0 Å². The van der Waals surface area contributed by atoms with Gasteiger partial charge in [-0.25, -0.2) is 0 Å². The zero-order chi connectivity index (χ0) is 7.94. The second-order valence-corrected chi connectivity index (χ2v) is 3.27. The first-order chi connectivity index (χ1) is 5.43. The third-order valence-electron chi connectivity index (χ3n) is 2.35. The topological polar surface area (TPSA) is 12.0 Å². The molecular weight excluding hydrogens is 134 g/mol. The molecule has 0 unspecified atom stereocenters. The van der Waals surface area contributed by atoms with Crippen molar-refractivity contribution in [3.05, 3.63) is 0 Å².